The maximum Gasteiger partial charge on any atom is 0.171 e. The predicted octanol–water partition coefficient (Wildman–Crippen LogP) is 2.45. The van der Waals surface area contributed by atoms with Gasteiger partial charge in [0.2, 0.25) is 0 Å². The summed E-state index contributed by atoms with van der Waals surface area (Å²) in [6, 6.07) is 17.6. The minimum atomic E-state index is 0.453. The minimum Gasteiger partial charge on any atom is -0.354 e. The topological polar surface area (TPSA) is 28.5 Å². The van der Waals surface area contributed by atoms with Crippen molar-refractivity contribution in [2.75, 3.05) is 18.4 Å². The van der Waals surface area contributed by atoms with Crippen LogP contribution in [0.5, 0.6) is 0 Å². The minimum absolute atomic E-state index is 0.453. The average molecular weight is 341 g/mol. The van der Waals surface area contributed by atoms with Crippen LogP contribution in [-0.2, 0) is 6.54 Å². The van der Waals surface area contributed by atoms with Crippen LogP contribution in [0.3, 0.4) is 0 Å². The van der Waals surface area contributed by atoms with Crippen LogP contribution in [-0.4, -0.2) is 24.2 Å². The van der Waals surface area contributed by atoms with Crippen molar-refractivity contribution in [2.45, 2.75) is 32.9 Å². The van der Waals surface area contributed by atoms with E-state index in [1.54, 1.807) is 4.90 Å². The van der Waals surface area contributed by atoms with Crippen molar-refractivity contribution in [3.63, 3.8) is 0 Å². The standard InChI is InChI=1S/C20H25N3S/c1-15-10-16(2)12-19(11-15)22-20(24)21-18-8-9-23(14-18)13-17-6-4-3-5-7-17/h3-7,10-12,18H,8-9,13-14H2,1-2H3,(H2,21,22,24)/p+1/t18-/m1/s1. The Labute approximate surface area is 150 Å². The van der Waals surface area contributed by atoms with Gasteiger partial charge in [-0.25, -0.2) is 0 Å². The Hall–Kier alpha value is -1.91. The summed E-state index contributed by atoms with van der Waals surface area (Å²) in [6.07, 6.45) is 1.16. The van der Waals surface area contributed by atoms with Crippen LogP contribution in [0.25, 0.3) is 0 Å². The maximum absolute atomic E-state index is 5.50. The van der Waals surface area contributed by atoms with Gasteiger partial charge in [-0.15, -0.1) is 0 Å². The molecule has 1 saturated heterocycles. The zero-order valence-corrected chi connectivity index (χ0v) is 15.2. The number of rotatable bonds is 4. The van der Waals surface area contributed by atoms with E-state index in [0.29, 0.717) is 6.04 Å². The number of quaternary nitrogens is 1. The predicted molar refractivity (Wildman–Crippen MR) is 105 cm³/mol. The molecule has 1 unspecified atom stereocenters. The summed E-state index contributed by atoms with van der Waals surface area (Å²) in [5.41, 5.74) is 4.97. The first-order valence-electron chi connectivity index (χ1n) is 8.62. The lowest BCUT2D eigenvalue weighted by molar-refractivity contribution is -0.901. The van der Waals surface area contributed by atoms with Gasteiger partial charge in [0.15, 0.2) is 5.11 Å². The molecule has 0 aliphatic carbocycles. The monoisotopic (exact) mass is 340 g/mol. The molecule has 0 amide bonds. The van der Waals surface area contributed by atoms with Gasteiger partial charge < -0.3 is 15.5 Å². The Morgan fingerprint density at radius 1 is 1.12 bits per heavy atom. The molecule has 0 saturated carbocycles. The molecule has 0 aromatic heterocycles. The zero-order chi connectivity index (χ0) is 16.9. The molecule has 24 heavy (non-hydrogen) atoms. The number of hydrogen-bond acceptors (Lipinski definition) is 1. The third-order valence-electron chi connectivity index (χ3n) is 4.49. The quantitative estimate of drug-likeness (QED) is 0.747. The van der Waals surface area contributed by atoms with Crippen LogP contribution in [0, 0.1) is 13.8 Å². The largest absolute Gasteiger partial charge is 0.354 e. The Balaban J connectivity index is 1.49. The summed E-state index contributed by atoms with van der Waals surface area (Å²) in [5, 5.41) is 7.54. The SMILES string of the molecule is Cc1cc(C)cc(NC(=S)N[C@@H]2CC[NH+](Cc3ccccc3)C2)c1. The van der Waals surface area contributed by atoms with Gasteiger partial charge >= 0.3 is 0 Å². The summed E-state index contributed by atoms with van der Waals surface area (Å²) >= 11 is 5.50. The second-order valence-electron chi connectivity index (χ2n) is 6.83. The Morgan fingerprint density at radius 2 is 1.83 bits per heavy atom. The van der Waals surface area contributed by atoms with Crippen LogP contribution in [0.4, 0.5) is 5.69 Å². The van der Waals surface area contributed by atoms with Crippen molar-refractivity contribution in [3.8, 4) is 0 Å². The highest BCUT2D eigenvalue weighted by Gasteiger charge is 2.26. The number of anilines is 1. The van der Waals surface area contributed by atoms with Gasteiger partial charge in [-0.1, -0.05) is 36.4 Å². The first-order chi connectivity index (χ1) is 11.6. The van der Waals surface area contributed by atoms with E-state index in [0.717, 1.165) is 30.3 Å². The van der Waals surface area contributed by atoms with Crippen molar-refractivity contribution >= 4 is 23.0 Å². The van der Waals surface area contributed by atoms with Crippen molar-refractivity contribution in [1.82, 2.24) is 5.32 Å². The number of aryl methyl sites for hydroxylation is 2. The first-order valence-corrected chi connectivity index (χ1v) is 9.02. The fraction of sp³-hybridized carbons (Fsp3) is 0.350. The number of benzene rings is 2. The van der Waals surface area contributed by atoms with Gasteiger partial charge in [0.25, 0.3) is 0 Å². The second kappa shape index (κ2) is 7.77. The lowest BCUT2D eigenvalue weighted by Crippen LogP contribution is -3.09. The van der Waals surface area contributed by atoms with Crippen LogP contribution in [0.2, 0.25) is 0 Å². The molecule has 1 aliphatic heterocycles. The molecule has 3 nitrogen and oxygen atoms in total. The molecule has 3 N–H and O–H groups in total. The van der Waals surface area contributed by atoms with E-state index in [9.17, 15) is 0 Å². The van der Waals surface area contributed by atoms with E-state index >= 15 is 0 Å². The molecular formula is C20H26N3S+. The molecule has 0 radical (unpaired) electrons. The summed E-state index contributed by atoms with van der Waals surface area (Å²) in [7, 11) is 0. The van der Waals surface area contributed by atoms with E-state index in [1.165, 1.54) is 23.2 Å². The summed E-state index contributed by atoms with van der Waals surface area (Å²) in [6.45, 7) is 7.62. The number of hydrogen-bond donors (Lipinski definition) is 3. The van der Waals surface area contributed by atoms with Gasteiger partial charge in [-0.2, -0.15) is 0 Å². The number of likely N-dealkylation sites (tertiary alicyclic amines) is 1. The van der Waals surface area contributed by atoms with Gasteiger partial charge in [-0.3, -0.25) is 0 Å². The molecule has 1 fully saturated rings. The van der Waals surface area contributed by atoms with Crippen molar-refractivity contribution in [3.05, 3.63) is 65.2 Å². The summed E-state index contributed by atoms with van der Waals surface area (Å²) in [4.78, 5) is 1.62. The van der Waals surface area contributed by atoms with E-state index < -0.39 is 0 Å². The van der Waals surface area contributed by atoms with Crippen molar-refractivity contribution in [1.29, 1.82) is 0 Å². The fourth-order valence-electron chi connectivity index (χ4n) is 3.50. The third-order valence-corrected chi connectivity index (χ3v) is 4.71. The van der Waals surface area contributed by atoms with Crippen LogP contribution >= 0.6 is 12.2 Å². The van der Waals surface area contributed by atoms with Gasteiger partial charge in [-0.05, 0) is 49.3 Å². The molecule has 2 aromatic rings. The van der Waals surface area contributed by atoms with E-state index in [1.807, 2.05) is 0 Å². The zero-order valence-electron chi connectivity index (χ0n) is 14.4. The third kappa shape index (κ3) is 4.79. The molecule has 3 rings (SSSR count). The van der Waals surface area contributed by atoms with Crippen LogP contribution in [0.15, 0.2) is 48.5 Å². The number of thiocarbonyl (C=S) groups is 1. The normalized spacial score (nSPS) is 19.9. The summed E-state index contributed by atoms with van der Waals surface area (Å²) in [5.74, 6) is 0. The average Bonchev–Trinajstić information content (AvgIpc) is 2.94. The van der Waals surface area contributed by atoms with Gasteiger partial charge in [0.05, 0.1) is 19.1 Å². The van der Waals surface area contributed by atoms with Crippen LogP contribution in [0.1, 0.15) is 23.1 Å². The highest BCUT2D eigenvalue weighted by molar-refractivity contribution is 7.80. The smallest absolute Gasteiger partial charge is 0.171 e. The van der Waals surface area contributed by atoms with Gasteiger partial charge in [0.1, 0.15) is 6.54 Å². The molecule has 0 bridgehead atoms. The van der Waals surface area contributed by atoms with Crippen molar-refractivity contribution in [2.24, 2.45) is 0 Å². The van der Waals surface area contributed by atoms with Crippen LogP contribution < -0.4 is 15.5 Å². The van der Waals surface area contributed by atoms with Gasteiger partial charge in [0, 0.05) is 17.7 Å². The molecule has 1 aliphatic rings. The Bertz CT molecular complexity index is 679. The van der Waals surface area contributed by atoms with E-state index in [2.05, 4.69) is 73.0 Å². The molecule has 126 valence electrons. The molecule has 4 heteroatoms. The Kier molecular flexibility index (Phi) is 5.48. The maximum atomic E-state index is 5.50. The molecule has 2 atom stereocenters. The van der Waals surface area contributed by atoms with Crippen molar-refractivity contribution < 1.29 is 4.90 Å². The Morgan fingerprint density at radius 3 is 2.54 bits per heavy atom. The highest BCUT2D eigenvalue weighted by Crippen LogP contribution is 2.13. The highest BCUT2D eigenvalue weighted by atomic mass is 32.1. The molecule has 2 aromatic carbocycles. The lowest BCUT2D eigenvalue weighted by atomic mass is 10.1. The molecular weight excluding hydrogens is 314 g/mol. The molecule has 1 heterocycles. The second-order valence-corrected chi connectivity index (χ2v) is 7.24. The fourth-order valence-corrected chi connectivity index (χ4v) is 3.78. The lowest BCUT2D eigenvalue weighted by Gasteiger charge is -2.17. The number of nitrogens with one attached hydrogen (secondary N) is 3. The van der Waals surface area contributed by atoms with E-state index in [4.69, 9.17) is 12.2 Å². The molecule has 0 spiro atoms. The first kappa shape index (κ1) is 16.9. The van der Waals surface area contributed by atoms with E-state index in [-0.39, 0.29) is 0 Å². The summed E-state index contributed by atoms with van der Waals surface area (Å²) < 4.78 is 0.